The van der Waals surface area contributed by atoms with Crippen molar-refractivity contribution in [2.24, 2.45) is 0 Å². The number of nitrogens with one attached hydrogen (secondary N) is 1. The lowest BCUT2D eigenvalue weighted by Crippen LogP contribution is -2.37. The molecule has 16 heavy (non-hydrogen) atoms. The first kappa shape index (κ1) is 11.6. The molecule has 0 aromatic carbocycles. The van der Waals surface area contributed by atoms with Crippen molar-refractivity contribution in [2.45, 2.75) is 6.54 Å². The number of ether oxygens (including phenoxy) is 1. The lowest BCUT2D eigenvalue weighted by atomic mass is 10.4. The summed E-state index contributed by atoms with van der Waals surface area (Å²) in [5.41, 5.74) is 0. The summed E-state index contributed by atoms with van der Waals surface area (Å²) < 4.78 is 5.30. The van der Waals surface area contributed by atoms with Gasteiger partial charge in [-0.25, -0.2) is 9.97 Å². The first-order valence-corrected chi connectivity index (χ1v) is 5.68. The monoisotopic (exact) mass is 242 g/mol. The van der Waals surface area contributed by atoms with Gasteiger partial charge in [0.05, 0.1) is 19.8 Å². The molecule has 2 rings (SSSR count). The fraction of sp³-hybridized carbons (Fsp3) is 0.600. The highest BCUT2D eigenvalue weighted by Crippen LogP contribution is 2.17. The van der Waals surface area contributed by atoms with E-state index in [4.69, 9.17) is 16.3 Å². The SMILES string of the molecule is CNCc1nc(Cl)cc(N2CCOCC2)n1. The average molecular weight is 243 g/mol. The zero-order chi connectivity index (χ0) is 11.4. The smallest absolute Gasteiger partial charge is 0.146 e. The molecule has 1 aliphatic rings. The second-order valence-electron chi connectivity index (χ2n) is 3.59. The number of nitrogens with zero attached hydrogens (tertiary/aromatic N) is 3. The van der Waals surface area contributed by atoms with Crippen LogP contribution in [-0.4, -0.2) is 43.3 Å². The first-order chi connectivity index (χ1) is 7.79. The lowest BCUT2D eigenvalue weighted by Gasteiger charge is -2.28. The fourth-order valence-electron chi connectivity index (χ4n) is 1.64. The Morgan fingerprint density at radius 1 is 1.44 bits per heavy atom. The van der Waals surface area contributed by atoms with E-state index in [0.29, 0.717) is 11.7 Å². The van der Waals surface area contributed by atoms with Crippen LogP contribution in [0, 0.1) is 0 Å². The number of halogens is 1. The van der Waals surface area contributed by atoms with Gasteiger partial charge in [0, 0.05) is 19.2 Å². The van der Waals surface area contributed by atoms with E-state index < -0.39 is 0 Å². The number of hydrogen-bond donors (Lipinski definition) is 1. The van der Waals surface area contributed by atoms with Gasteiger partial charge in [0.2, 0.25) is 0 Å². The van der Waals surface area contributed by atoms with Crippen molar-refractivity contribution >= 4 is 17.4 Å². The molecule has 0 saturated carbocycles. The molecular formula is C10H15ClN4O. The molecule has 0 radical (unpaired) electrons. The van der Waals surface area contributed by atoms with Gasteiger partial charge in [-0.05, 0) is 7.05 Å². The van der Waals surface area contributed by atoms with Crippen molar-refractivity contribution < 1.29 is 4.74 Å². The summed E-state index contributed by atoms with van der Waals surface area (Å²) in [4.78, 5) is 10.8. The average Bonchev–Trinajstić information content (AvgIpc) is 2.30. The Morgan fingerprint density at radius 3 is 2.88 bits per heavy atom. The predicted octanol–water partition coefficient (Wildman–Crippen LogP) is 0.686. The molecule has 2 heterocycles. The Bertz CT molecular complexity index is 355. The molecule has 0 bridgehead atoms. The van der Waals surface area contributed by atoms with Crippen LogP contribution in [-0.2, 0) is 11.3 Å². The molecule has 0 unspecified atom stereocenters. The summed E-state index contributed by atoms with van der Waals surface area (Å²) in [5, 5.41) is 3.50. The van der Waals surface area contributed by atoms with Crippen LogP contribution in [0.3, 0.4) is 0 Å². The Labute approximate surface area is 99.8 Å². The minimum Gasteiger partial charge on any atom is -0.378 e. The third kappa shape index (κ3) is 2.81. The number of aromatic nitrogens is 2. The van der Waals surface area contributed by atoms with Crippen LogP contribution >= 0.6 is 11.6 Å². The number of anilines is 1. The normalized spacial score (nSPS) is 16.5. The van der Waals surface area contributed by atoms with Crippen molar-refractivity contribution in [2.75, 3.05) is 38.3 Å². The molecule has 1 fully saturated rings. The molecule has 1 aromatic heterocycles. The quantitative estimate of drug-likeness (QED) is 0.791. The summed E-state index contributed by atoms with van der Waals surface area (Å²) in [5.74, 6) is 1.60. The van der Waals surface area contributed by atoms with Gasteiger partial charge in [-0.2, -0.15) is 0 Å². The molecule has 0 atom stereocenters. The summed E-state index contributed by atoms with van der Waals surface area (Å²) in [6.07, 6.45) is 0. The van der Waals surface area contributed by atoms with Crippen LogP contribution in [0.15, 0.2) is 6.07 Å². The van der Waals surface area contributed by atoms with Crippen molar-refractivity contribution in [3.8, 4) is 0 Å². The van der Waals surface area contributed by atoms with Crippen LogP contribution < -0.4 is 10.2 Å². The molecular weight excluding hydrogens is 228 g/mol. The predicted molar refractivity (Wildman–Crippen MR) is 62.8 cm³/mol. The van der Waals surface area contributed by atoms with E-state index in [1.54, 1.807) is 6.07 Å². The van der Waals surface area contributed by atoms with Gasteiger partial charge in [0.1, 0.15) is 16.8 Å². The molecule has 88 valence electrons. The van der Waals surface area contributed by atoms with Crippen molar-refractivity contribution in [3.05, 3.63) is 17.0 Å². The number of hydrogen-bond acceptors (Lipinski definition) is 5. The van der Waals surface area contributed by atoms with Crippen molar-refractivity contribution in [3.63, 3.8) is 0 Å². The molecule has 1 aliphatic heterocycles. The van der Waals surface area contributed by atoms with E-state index in [1.165, 1.54) is 0 Å². The maximum absolute atomic E-state index is 5.97. The van der Waals surface area contributed by atoms with Gasteiger partial charge in [-0.15, -0.1) is 0 Å². The van der Waals surface area contributed by atoms with E-state index in [2.05, 4.69) is 20.2 Å². The number of morpholine rings is 1. The van der Waals surface area contributed by atoms with Crippen molar-refractivity contribution in [1.29, 1.82) is 0 Å². The zero-order valence-electron chi connectivity index (χ0n) is 9.24. The highest BCUT2D eigenvalue weighted by atomic mass is 35.5. The second kappa shape index (κ2) is 5.43. The molecule has 5 nitrogen and oxygen atoms in total. The van der Waals surface area contributed by atoms with E-state index in [0.717, 1.165) is 37.9 Å². The van der Waals surface area contributed by atoms with Crippen LogP contribution in [0.2, 0.25) is 5.15 Å². The van der Waals surface area contributed by atoms with Gasteiger partial charge in [0.25, 0.3) is 0 Å². The summed E-state index contributed by atoms with van der Waals surface area (Å²) >= 11 is 5.97. The van der Waals surface area contributed by atoms with Crippen LogP contribution in [0.25, 0.3) is 0 Å². The van der Waals surface area contributed by atoms with Crippen LogP contribution in [0.5, 0.6) is 0 Å². The molecule has 1 aromatic rings. The third-order valence-corrected chi connectivity index (χ3v) is 2.59. The van der Waals surface area contributed by atoms with E-state index in [1.807, 2.05) is 7.05 Å². The molecule has 0 spiro atoms. The molecule has 1 N–H and O–H groups in total. The minimum absolute atomic E-state index is 0.488. The zero-order valence-corrected chi connectivity index (χ0v) is 10.00. The summed E-state index contributed by atoms with van der Waals surface area (Å²) in [6, 6.07) is 1.80. The van der Waals surface area contributed by atoms with Gasteiger partial charge >= 0.3 is 0 Å². The van der Waals surface area contributed by atoms with E-state index in [-0.39, 0.29) is 0 Å². The van der Waals surface area contributed by atoms with Gasteiger partial charge in [0.15, 0.2) is 0 Å². The maximum atomic E-state index is 5.97. The topological polar surface area (TPSA) is 50.3 Å². The highest BCUT2D eigenvalue weighted by Gasteiger charge is 2.14. The molecule has 0 aliphatic carbocycles. The maximum Gasteiger partial charge on any atom is 0.146 e. The summed E-state index contributed by atoms with van der Waals surface area (Å²) in [7, 11) is 1.86. The molecule has 1 saturated heterocycles. The largest absolute Gasteiger partial charge is 0.378 e. The van der Waals surface area contributed by atoms with Crippen LogP contribution in [0.1, 0.15) is 5.82 Å². The first-order valence-electron chi connectivity index (χ1n) is 5.30. The van der Waals surface area contributed by atoms with Gasteiger partial charge in [-0.3, -0.25) is 0 Å². The molecule has 6 heteroatoms. The van der Waals surface area contributed by atoms with Gasteiger partial charge < -0.3 is 15.0 Å². The summed E-state index contributed by atoms with van der Waals surface area (Å²) in [6.45, 7) is 3.81. The number of rotatable bonds is 3. The fourth-order valence-corrected chi connectivity index (χ4v) is 1.84. The second-order valence-corrected chi connectivity index (χ2v) is 3.98. The van der Waals surface area contributed by atoms with E-state index >= 15 is 0 Å². The minimum atomic E-state index is 0.488. The Kier molecular flexibility index (Phi) is 3.93. The van der Waals surface area contributed by atoms with Gasteiger partial charge in [-0.1, -0.05) is 11.6 Å². The highest BCUT2D eigenvalue weighted by molar-refractivity contribution is 6.29. The van der Waals surface area contributed by atoms with Crippen molar-refractivity contribution in [1.82, 2.24) is 15.3 Å². The van der Waals surface area contributed by atoms with E-state index in [9.17, 15) is 0 Å². The van der Waals surface area contributed by atoms with Crippen LogP contribution in [0.4, 0.5) is 5.82 Å². The Balaban J connectivity index is 2.18. The molecule has 0 amide bonds. The Hall–Kier alpha value is -0.910. The Morgan fingerprint density at radius 2 is 2.19 bits per heavy atom. The standard InChI is InChI=1S/C10H15ClN4O/c1-12-7-9-13-8(11)6-10(14-9)15-2-4-16-5-3-15/h6,12H,2-5,7H2,1H3. The lowest BCUT2D eigenvalue weighted by molar-refractivity contribution is 0.122. The third-order valence-electron chi connectivity index (χ3n) is 2.40.